The van der Waals surface area contributed by atoms with Crippen LogP contribution < -0.4 is 10.1 Å². The molecule has 3 aliphatic rings. The van der Waals surface area contributed by atoms with Crippen molar-refractivity contribution in [1.29, 1.82) is 0 Å². The summed E-state index contributed by atoms with van der Waals surface area (Å²) < 4.78 is 11.5. The Morgan fingerprint density at radius 2 is 1.72 bits per heavy atom. The highest BCUT2D eigenvalue weighted by molar-refractivity contribution is 5.94. The van der Waals surface area contributed by atoms with Gasteiger partial charge in [0.2, 0.25) is 5.91 Å². The molecule has 194 valence electrons. The van der Waals surface area contributed by atoms with Crippen LogP contribution in [0.3, 0.4) is 0 Å². The van der Waals surface area contributed by atoms with E-state index >= 15 is 0 Å². The molecule has 0 radical (unpaired) electrons. The van der Waals surface area contributed by atoms with E-state index in [0.717, 1.165) is 81.3 Å². The third-order valence-electron chi connectivity index (χ3n) is 8.36. The summed E-state index contributed by atoms with van der Waals surface area (Å²) >= 11 is 0. The van der Waals surface area contributed by atoms with Crippen LogP contribution in [0.2, 0.25) is 0 Å². The predicted octanol–water partition coefficient (Wildman–Crippen LogP) is 4.87. The molecule has 2 amide bonds. The van der Waals surface area contributed by atoms with Crippen LogP contribution in [0, 0.1) is 5.41 Å². The molecule has 0 bridgehead atoms. The number of likely N-dealkylation sites (tertiary alicyclic amines) is 1. The van der Waals surface area contributed by atoms with Gasteiger partial charge in [-0.1, -0.05) is 36.2 Å². The highest BCUT2D eigenvalue weighted by Gasteiger charge is 2.37. The zero-order valence-electron chi connectivity index (χ0n) is 21.4. The number of hydrogen-bond donors (Lipinski definition) is 1. The van der Waals surface area contributed by atoms with Crippen molar-refractivity contribution in [1.82, 2.24) is 15.4 Å². The Labute approximate surface area is 213 Å². The number of benzene rings is 1. The van der Waals surface area contributed by atoms with Gasteiger partial charge in [0.15, 0.2) is 5.69 Å². The number of nitrogens with zero attached hydrogens (tertiary/aromatic N) is 2. The molecule has 1 aliphatic carbocycles. The number of piperidine rings is 1. The number of amides is 2. The highest BCUT2D eigenvalue weighted by Crippen LogP contribution is 2.37. The fourth-order valence-corrected chi connectivity index (χ4v) is 6.03. The normalized spacial score (nSPS) is 21.3. The SMILES string of the molecule is O=C1CCCOc2ccccc2CCCCC2(CCN(C(=O)c3noc4c3CCCCC4)CC2)CN1. The molecular formula is C29H39N3O4. The van der Waals surface area contributed by atoms with Crippen molar-refractivity contribution in [2.75, 3.05) is 26.2 Å². The van der Waals surface area contributed by atoms with Crippen LogP contribution in [0.25, 0.3) is 0 Å². The summed E-state index contributed by atoms with van der Waals surface area (Å²) in [6, 6.07) is 8.26. The standard InChI is InChI=1S/C29H39N3O4/c33-26-14-8-20-35-24-12-5-4-9-22(24)10-6-7-15-29(21-30-26)16-18-32(19-17-29)28(34)27-23-11-2-1-3-13-25(23)36-31-27/h4-5,9,12H,1-3,6-8,10-11,13-21H2,(H,30,33). The first-order valence-corrected chi connectivity index (χ1v) is 13.9. The van der Waals surface area contributed by atoms with E-state index in [4.69, 9.17) is 9.26 Å². The van der Waals surface area contributed by atoms with Gasteiger partial charge in [-0.3, -0.25) is 9.59 Å². The first-order valence-electron chi connectivity index (χ1n) is 13.9. The van der Waals surface area contributed by atoms with Crippen molar-refractivity contribution < 1.29 is 18.8 Å². The molecule has 0 atom stereocenters. The Morgan fingerprint density at radius 1 is 0.917 bits per heavy atom. The van der Waals surface area contributed by atoms with Crippen LogP contribution in [0.1, 0.15) is 91.6 Å². The average Bonchev–Trinajstić information content (AvgIpc) is 3.16. The van der Waals surface area contributed by atoms with E-state index in [1.54, 1.807) is 0 Å². The van der Waals surface area contributed by atoms with E-state index in [0.29, 0.717) is 44.8 Å². The smallest absolute Gasteiger partial charge is 0.276 e. The topological polar surface area (TPSA) is 84.7 Å². The molecule has 2 aromatic rings. The Kier molecular flexibility index (Phi) is 7.93. The summed E-state index contributed by atoms with van der Waals surface area (Å²) in [6.07, 6.45) is 12.4. The van der Waals surface area contributed by atoms with Crippen LogP contribution in [-0.4, -0.2) is 48.1 Å². The van der Waals surface area contributed by atoms with Gasteiger partial charge in [0.25, 0.3) is 5.91 Å². The molecule has 7 heteroatoms. The lowest BCUT2D eigenvalue weighted by molar-refractivity contribution is -0.122. The number of para-hydroxylation sites is 1. The minimum Gasteiger partial charge on any atom is -0.493 e. The molecule has 36 heavy (non-hydrogen) atoms. The van der Waals surface area contributed by atoms with E-state index in [2.05, 4.69) is 22.6 Å². The number of fused-ring (bicyclic) bond motifs is 2. The predicted molar refractivity (Wildman–Crippen MR) is 137 cm³/mol. The van der Waals surface area contributed by atoms with Crippen LogP contribution in [0.5, 0.6) is 5.75 Å². The van der Waals surface area contributed by atoms with Gasteiger partial charge < -0.3 is 19.5 Å². The Hall–Kier alpha value is -2.83. The van der Waals surface area contributed by atoms with Gasteiger partial charge in [0.05, 0.1) is 6.61 Å². The zero-order valence-corrected chi connectivity index (χ0v) is 21.4. The second kappa shape index (κ2) is 11.5. The Bertz CT molecular complexity index is 1050. The second-order valence-electron chi connectivity index (χ2n) is 10.8. The summed E-state index contributed by atoms with van der Waals surface area (Å²) in [7, 11) is 0. The van der Waals surface area contributed by atoms with Crippen LogP contribution >= 0.6 is 0 Å². The molecule has 1 fully saturated rings. The Morgan fingerprint density at radius 3 is 2.61 bits per heavy atom. The number of aryl methyl sites for hydroxylation is 2. The van der Waals surface area contributed by atoms with E-state index in [1.807, 2.05) is 17.0 Å². The van der Waals surface area contributed by atoms with Gasteiger partial charge in [0.1, 0.15) is 11.5 Å². The highest BCUT2D eigenvalue weighted by atomic mass is 16.5. The van der Waals surface area contributed by atoms with E-state index < -0.39 is 0 Å². The molecule has 1 spiro atoms. The zero-order chi connectivity index (χ0) is 24.8. The number of ether oxygens (including phenoxy) is 1. The summed E-state index contributed by atoms with van der Waals surface area (Å²) in [4.78, 5) is 27.9. The maximum absolute atomic E-state index is 13.4. The molecule has 2 aliphatic heterocycles. The number of rotatable bonds is 1. The molecule has 1 aromatic heterocycles. The number of carbonyl (C=O) groups is 2. The minimum absolute atomic E-state index is 0.0123. The van der Waals surface area contributed by atoms with Gasteiger partial charge in [0, 0.05) is 38.0 Å². The summed E-state index contributed by atoms with van der Waals surface area (Å²) in [5.41, 5.74) is 2.85. The third-order valence-corrected chi connectivity index (χ3v) is 8.36. The van der Waals surface area contributed by atoms with Crippen molar-refractivity contribution in [3.8, 4) is 5.75 Å². The van der Waals surface area contributed by atoms with Crippen molar-refractivity contribution in [3.05, 3.63) is 46.8 Å². The van der Waals surface area contributed by atoms with Crippen molar-refractivity contribution in [3.63, 3.8) is 0 Å². The fourth-order valence-electron chi connectivity index (χ4n) is 6.03. The molecule has 1 saturated heterocycles. The lowest BCUT2D eigenvalue weighted by atomic mass is 9.74. The number of carbonyl (C=O) groups excluding carboxylic acids is 2. The molecule has 3 heterocycles. The lowest BCUT2D eigenvalue weighted by Crippen LogP contribution is -2.48. The number of hydrogen-bond acceptors (Lipinski definition) is 5. The molecule has 0 saturated carbocycles. The van der Waals surface area contributed by atoms with Crippen LogP contribution in [-0.2, 0) is 24.1 Å². The van der Waals surface area contributed by atoms with E-state index in [1.165, 1.54) is 12.0 Å². The van der Waals surface area contributed by atoms with E-state index in [9.17, 15) is 9.59 Å². The third kappa shape index (κ3) is 5.76. The number of nitrogens with one attached hydrogen (secondary N) is 1. The largest absolute Gasteiger partial charge is 0.493 e. The summed E-state index contributed by atoms with van der Waals surface area (Å²) in [6.45, 7) is 2.64. The van der Waals surface area contributed by atoms with Crippen molar-refractivity contribution in [2.45, 2.75) is 83.5 Å². The van der Waals surface area contributed by atoms with Gasteiger partial charge in [-0.25, -0.2) is 0 Å². The van der Waals surface area contributed by atoms with Gasteiger partial charge in [-0.2, -0.15) is 0 Å². The minimum atomic E-state index is 0.0123. The van der Waals surface area contributed by atoms with Crippen molar-refractivity contribution >= 4 is 11.8 Å². The van der Waals surface area contributed by atoms with Crippen LogP contribution in [0.4, 0.5) is 0 Å². The second-order valence-corrected chi connectivity index (χ2v) is 10.8. The lowest BCUT2D eigenvalue weighted by Gasteiger charge is -2.42. The first-order chi connectivity index (χ1) is 17.6. The van der Waals surface area contributed by atoms with Gasteiger partial charge >= 0.3 is 0 Å². The first kappa shape index (κ1) is 24.8. The summed E-state index contributed by atoms with van der Waals surface area (Å²) in [5, 5.41) is 7.41. The number of aromatic nitrogens is 1. The summed E-state index contributed by atoms with van der Waals surface area (Å²) in [5.74, 6) is 1.96. The molecule has 1 N–H and O–H groups in total. The molecule has 5 rings (SSSR count). The fraction of sp³-hybridized carbons (Fsp3) is 0.621. The maximum atomic E-state index is 13.4. The monoisotopic (exact) mass is 493 g/mol. The van der Waals surface area contributed by atoms with Gasteiger partial charge in [-0.05, 0) is 74.8 Å². The quantitative estimate of drug-likeness (QED) is 0.573. The van der Waals surface area contributed by atoms with Crippen LogP contribution in [0.15, 0.2) is 28.8 Å². The maximum Gasteiger partial charge on any atom is 0.276 e. The molecular weight excluding hydrogens is 454 g/mol. The van der Waals surface area contributed by atoms with E-state index in [-0.39, 0.29) is 17.2 Å². The van der Waals surface area contributed by atoms with Crippen molar-refractivity contribution in [2.24, 2.45) is 5.41 Å². The molecule has 7 nitrogen and oxygen atoms in total. The van der Waals surface area contributed by atoms with Gasteiger partial charge in [-0.15, -0.1) is 0 Å². The average molecular weight is 494 g/mol. The Balaban J connectivity index is 1.24. The molecule has 1 aromatic carbocycles. The molecule has 0 unspecified atom stereocenters.